The molecule has 0 spiro atoms. The number of thiazole rings is 1. The van der Waals surface area contributed by atoms with Gasteiger partial charge in [0.25, 0.3) is 5.91 Å². The number of carbonyl (C=O) groups is 1. The van der Waals surface area contributed by atoms with Crippen LogP contribution in [-0.2, 0) is 12.6 Å². The second kappa shape index (κ2) is 5.01. The summed E-state index contributed by atoms with van der Waals surface area (Å²) in [7, 11) is 0. The fourth-order valence-electron chi connectivity index (χ4n) is 1.20. The molecule has 0 saturated carbocycles. The van der Waals surface area contributed by atoms with Crippen LogP contribution in [-0.4, -0.2) is 16.1 Å². The molecule has 0 fully saturated rings. The minimum atomic E-state index is -4.70. The number of hydroxylamine groups is 1. The van der Waals surface area contributed by atoms with Gasteiger partial charge in [0.1, 0.15) is 4.88 Å². The Morgan fingerprint density at radius 2 is 2.12 bits per heavy atom. The van der Waals surface area contributed by atoms with Gasteiger partial charge >= 0.3 is 6.18 Å². The maximum Gasteiger partial charge on any atom is 0.435 e. The van der Waals surface area contributed by atoms with Crippen LogP contribution in [0.15, 0.2) is 0 Å². The van der Waals surface area contributed by atoms with Crippen molar-refractivity contribution >= 4 is 17.2 Å². The molecule has 96 valence electrons. The minimum absolute atomic E-state index is 0.132. The lowest BCUT2D eigenvalue weighted by atomic mass is 10.1. The Hall–Kier alpha value is -1.15. The maximum atomic E-state index is 12.6. The van der Waals surface area contributed by atoms with E-state index in [1.807, 2.05) is 13.8 Å². The van der Waals surface area contributed by atoms with Crippen LogP contribution in [0.4, 0.5) is 13.2 Å². The van der Waals surface area contributed by atoms with Crippen molar-refractivity contribution < 1.29 is 23.2 Å². The molecule has 0 aromatic carbocycles. The Balaban J connectivity index is 3.17. The van der Waals surface area contributed by atoms with Crippen molar-refractivity contribution in [3.8, 4) is 0 Å². The van der Waals surface area contributed by atoms with Gasteiger partial charge in [-0.2, -0.15) is 13.2 Å². The van der Waals surface area contributed by atoms with Crippen molar-refractivity contribution in [2.75, 3.05) is 0 Å². The summed E-state index contributed by atoms with van der Waals surface area (Å²) in [4.78, 5) is 13.9. The maximum absolute atomic E-state index is 12.6. The van der Waals surface area contributed by atoms with Gasteiger partial charge in [-0.1, -0.05) is 13.8 Å². The summed E-state index contributed by atoms with van der Waals surface area (Å²) in [5.74, 6) is -1.06. The zero-order chi connectivity index (χ0) is 13.2. The third-order valence-corrected chi connectivity index (χ3v) is 2.91. The highest BCUT2D eigenvalue weighted by Crippen LogP contribution is 2.34. The van der Waals surface area contributed by atoms with Crippen LogP contribution in [0.25, 0.3) is 0 Å². The number of halogens is 3. The molecule has 0 saturated heterocycles. The number of amides is 1. The van der Waals surface area contributed by atoms with Crippen LogP contribution in [0, 0.1) is 5.92 Å². The van der Waals surface area contributed by atoms with Crippen LogP contribution in [0.3, 0.4) is 0 Å². The van der Waals surface area contributed by atoms with E-state index < -0.39 is 22.7 Å². The molecule has 0 aliphatic rings. The summed E-state index contributed by atoms with van der Waals surface area (Å²) in [6.07, 6.45) is -4.35. The normalized spacial score (nSPS) is 11.9. The lowest BCUT2D eigenvalue weighted by Gasteiger charge is -2.04. The molecule has 17 heavy (non-hydrogen) atoms. The molecule has 8 heteroatoms. The monoisotopic (exact) mass is 268 g/mol. The van der Waals surface area contributed by atoms with Gasteiger partial charge in [0, 0.05) is 6.42 Å². The first kappa shape index (κ1) is 13.9. The zero-order valence-electron chi connectivity index (χ0n) is 9.13. The first-order valence-corrected chi connectivity index (χ1v) is 5.58. The molecule has 1 aromatic rings. The quantitative estimate of drug-likeness (QED) is 0.654. The number of aromatic nitrogens is 1. The van der Waals surface area contributed by atoms with E-state index in [0.717, 1.165) is 0 Å². The molecule has 0 bridgehead atoms. The molecule has 0 unspecified atom stereocenters. The van der Waals surface area contributed by atoms with Crippen LogP contribution in [0.2, 0.25) is 0 Å². The zero-order valence-corrected chi connectivity index (χ0v) is 9.95. The molecule has 2 N–H and O–H groups in total. The lowest BCUT2D eigenvalue weighted by Crippen LogP contribution is -2.21. The standard InChI is InChI=1S/C9H11F3N2O2S/c1-4(2)3-5-13-7(9(10,11)12)6(17-5)8(15)14-16/h4,16H,3H2,1-2H3,(H,14,15). The highest BCUT2D eigenvalue weighted by Gasteiger charge is 2.39. The van der Waals surface area contributed by atoms with Crippen LogP contribution in [0.1, 0.15) is 34.2 Å². The molecule has 0 aliphatic heterocycles. The number of hydrogen-bond donors (Lipinski definition) is 2. The summed E-state index contributed by atoms with van der Waals surface area (Å²) in [5.41, 5.74) is -0.0538. The number of nitrogens with one attached hydrogen (secondary N) is 1. The highest BCUT2D eigenvalue weighted by molar-refractivity contribution is 7.13. The summed E-state index contributed by atoms with van der Waals surface area (Å²) < 4.78 is 37.7. The summed E-state index contributed by atoms with van der Waals surface area (Å²) in [6.45, 7) is 3.67. The van der Waals surface area contributed by atoms with E-state index in [-0.39, 0.29) is 10.9 Å². The molecular formula is C9H11F3N2O2S. The Morgan fingerprint density at radius 3 is 2.53 bits per heavy atom. The number of rotatable bonds is 3. The molecule has 1 aromatic heterocycles. The molecular weight excluding hydrogens is 257 g/mol. The summed E-state index contributed by atoms with van der Waals surface area (Å²) in [6, 6.07) is 0. The fourth-order valence-corrected chi connectivity index (χ4v) is 2.38. The Morgan fingerprint density at radius 1 is 1.53 bits per heavy atom. The van der Waals surface area contributed by atoms with Gasteiger partial charge in [0.15, 0.2) is 5.69 Å². The Kier molecular flexibility index (Phi) is 4.10. The third kappa shape index (κ3) is 3.40. The molecule has 1 rings (SSSR count). The smallest absolute Gasteiger partial charge is 0.288 e. The van der Waals surface area contributed by atoms with Gasteiger partial charge in [0.05, 0.1) is 5.01 Å². The molecule has 0 aliphatic carbocycles. The topological polar surface area (TPSA) is 62.2 Å². The van der Waals surface area contributed by atoms with Crippen molar-refractivity contribution in [3.63, 3.8) is 0 Å². The third-order valence-electron chi connectivity index (χ3n) is 1.83. The highest BCUT2D eigenvalue weighted by atomic mass is 32.1. The largest absolute Gasteiger partial charge is 0.435 e. The number of carbonyl (C=O) groups excluding carboxylic acids is 1. The first-order chi connectivity index (χ1) is 7.75. The van der Waals surface area contributed by atoms with Crippen LogP contribution in [0.5, 0.6) is 0 Å². The van der Waals surface area contributed by atoms with Crippen molar-refractivity contribution in [2.24, 2.45) is 5.92 Å². The minimum Gasteiger partial charge on any atom is -0.288 e. The van der Waals surface area contributed by atoms with Crippen molar-refractivity contribution in [1.29, 1.82) is 0 Å². The van der Waals surface area contributed by atoms with Gasteiger partial charge in [-0.3, -0.25) is 10.0 Å². The summed E-state index contributed by atoms with van der Waals surface area (Å²) >= 11 is 0.644. The molecule has 0 atom stereocenters. The van der Waals surface area contributed by atoms with E-state index in [9.17, 15) is 18.0 Å². The fraction of sp³-hybridized carbons (Fsp3) is 0.556. The predicted octanol–water partition coefficient (Wildman–Crippen LogP) is 2.48. The van der Waals surface area contributed by atoms with E-state index in [1.54, 1.807) is 0 Å². The van der Waals surface area contributed by atoms with Gasteiger partial charge < -0.3 is 0 Å². The molecule has 1 amide bonds. The lowest BCUT2D eigenvalue weighted by molar-refractivity contribution is -0.141. The second-order valence-electron chi connectivity index (χ2n) is 3.82. The van der Waals surface area contributed by atoms with Gasteiger partial charge in [-0.15, -0.1) is 11.3 Å². The van der Waals surface area contributed by atoms with Crippen molar-refractivity contribution in [1.82, 2.24) is 10.5 Å². The molecule has 0 radical (unpaired) electrons. The van der Waals surface area contributed by atoms with E-state index in [0.29, 0.717) is 17.8 Å². The van der Waals surface area contributed by atoms with E-state index in [2.05, 4.69) is 4.98 Å². The SMILES string of the molecule is CC(C)Cc1nc(C(F)(F)F)c(C(=O)NO)s1. The van der Waals surface area contributed by atoms with Crippen molar-refractivity contribution in [2.45, 2.75) is 26.4 Å². The van der Waals surface area contributed by atoms with Gasteiger partial charge in [0.2, 0.25) is 0 Å². The Labute approximate surface area is 99.4 Å². The van der Waals surface area contributed by atoms with E-state index in [4.69, 9.17) is 5.21 Å². The number of alkyl halides is 3. The molecule has 4 nitrogen and oxygen atoms in total. The first-order valence-electron chi connectivity index (χ1n) is 4.77. The van der Waals surface area contributed by atoms with Gasteiger partial charge in [-0.05, 0) is 5.92 Å². The van der Waals surface area contributed by atoms with Crippen LogP contribution >= 0.6 is 11.3 Å². The average Bonchev–Trinajstić information content (AvgIpc) is 2.59. The second-order valence-corrected chi connectivity index (χ2v) is 4.91. The van der Waals surface area contributed by atoms with E-state index >= 15 is 0 Å². The van der Waals surface area contributed by atoms with Crippen molar-refractivity contribution in [3.05, 3.63) is 15.6 Å². The number of hydrogen-bond acceptors (Lipinski definition) is 4. The summed E-state index contributed by atoms with van der Waals surface area (Å²) in [5, 5.41) is 8.61. The van der Waals surface area contributed by atoms with Gasteiger partial charge in [-0.25, -0.2) is 10.5 Å². The molecule has 1 heterocycles. The predicted molar refractivity (Wildman–Crippen MR) is 54.9 cm³/mol. The Bertz CT molecular complexity index is 415. The number of nitrogens with zero attached hydrogens (tertiary/aromatic N) is 1. The van der Waals surface area contributed by atoms with E-state index in [1.165, 1.54) is 5.48 Å². The van der Waals surface area contributed by atoms with Crippen LogP contribution < -0.4 is 5.48 Å². The average molecular weight is 268 g/mol.